The summed E-state index contributed by atoms with van der Waals surface area (Å²) in [5.74, 6) is -0.495. The fourth-order valence-corrected chi connectivity index (χ4v) is 1.20. The SMILES string of the molecule is NC(=O)c1ccc2ccccc2n1.O=C=O. The Labute approximate surface area is 90.9 Å². The molecule has 5 nitrogen and oxygen atoms in total. The standard InChI is InChI=1S/C10H8N2O.CO2/c11-10(13)9-6-5-7-3-1-2-4-8(7)12-9;2-1-3/h1-6H,(H2,11,13);. The number of carbonyl (C=O) groups excluding carboxylic acids is 3. The molecular formula is C11H8N2O3. The van der Waals surface area contributed by atoms with Crippen LogP contribution >= 0.6 is 0 Å². The molecule has 0 radical (unpaired) electrons. The molecule has 80 valence electrons. The van der Waals surface area contributed by atoms with Crippen LogP contribution in [-0.4, -0.2) is 17.0 Å². The number of benzene rings is 1. The molecule has 1 amide bonds. The Morgan fingerprint density at radius 2 is 1.75 bits per heavy atom. The Bertz CT molecular complexity index is 546. The van der Waals surface area contributed by atoms with E-state index in [0.717, 1.165) is 10.9 Å². The highest BCUT2D eigenvalue weighted by Crippen LogP contribution is 2.10. The van der Waals surface area contributed by atoms with Crippen molar-refractivity contribution >= 4 is 23.0 Å². The second kappa shape index (κ2) is 5.38. The molecule has 0 fully saturated rings. The molecule has 0 saturated carbocycles. The predicted octanol–water partition coefficient (Wildman–Crippen LogP) is 0.750. The number of aromatic nitrogens is 1. The number of primary amides is 1. The van der Waals surface area contributed by atoms with E-state index in [2.05, 4.69) is 4.98 Å². The minimum atomic E-state index is -0.495. The van der Waals surface area contributed by atoms with Gasteiger partial charge in [-0.15, -0.1) is 0 Å². The Morgan fingerprint density at radius 3 is 2.38 bits per heavy atom. The number of nitrogens with zero attached hydrogens (tertiary/aromatic N) is 1. The van der Waals surface area contributed by atoms with Crippen LogP contribution in [0.25, 0.3) is 10.9 Å². The monoisotopic (exact) mass is 216 g/mol. The van der Waals surface area contributed by atoms with Crippen LogP contribution in [0.4, 0.5) is 0 Å². The number of hydrogen-bond acceptors (Lipinski definition) is 4. The summed E-state index contributed by atoms with van der Waals surface area (Å²) in [7, 11) is 0. The molecule has 0 unspecified atom stereocenters. The molecule has 2 rings (SSSR count). The number of carbonyl (C=O) groups is 1. The fraction of sp³-hybridized carbons (Fsp3) is 0. The topological polar surface area (TPSA) is 90.1 Å². The van der Waals surface area contributed by atoms with E-state index >= 15 is 0 Å². The number of fused-ring (bicyclic) bond motifs is 1. The molecule has 0 atom stereocenters. The van der Waals surface area contributed by atoms with E-state index in [1.165, 1.54) is 0 Å². The predicted molar refractivity (Wildman–Crippen MR) is 55.3 cm³/mol. The average molecular weight is 216 g/mol. The smallest absolute Gasteiger partial charge is 0.364 e. The van der Waals surface area contributed by atoms with Gasteiger partial charge in [0.25, 0.3) is 5.91 Å². The van der Waals surface area contributed by atoms with Gasteiger partial charge in [-0.25, -0.2) is 4.98 Å². The summed E-state index contributed by atoms with van der Waals surface area (Å²) in [6, 6.07) is 11.1. The lowest BCUT2D eigenvalue weighted by Gasteiger charge is -1.97. The zero-order valence-electron chi connectivity index (χ0n) is 8.21. The lowest BCUT2D eigenvalue weighted by atomic mass is 10.2. The lowest BCUT2D eigenvalue weighted by Crippen LogP contribution is -2.12. The molecule has 1 aromatic heterocycles. The van der Waals surface area contributed by atoms with Gasteiger partial charge < -0.3 is 5.73 Å². The molecule has 1 heterocycles. The Morgan fingerprint density at radius 1 is 1.12 bits per heavy atom. The Kier molecular flexibility index (Phi) is 3.89. The van der Waals surface area contributed by atoms with Gasteiger partial charge in [0.2, 0.25) is 0 Å². The largest absolute Gasteiger partial charge is 0.373 e. The minimum Gasteiger partial charge on any atom is -0.364 e. The van der Waals surface area contributed by atoms with E-state index in [1.807, 2.05) is 30.3 Å². The molecule has 2 N–H and O–H groups in total. The van der Waals surface area contributed by atoms with Gasteiger partial charge in [-0.2, -0.15) is 9.59 Å². The van der Waals surface area contributed by atoms with E-state index < -0.39 is 5.91 Å². The first-order valence-electron chi connectivity index (χ1n) is 4.34. The van der Waals surface area contributed by atoms with Crippen LogP contribution in [-0.2, 0) is 9.59 Å². The minimum absolute atomic E-state index is 0.250. The summed E-state index contributed by atoms with van der Waals surface area (Å²) < 4.78 is 0. The maximum Gasteiger partial charge on any atom is 0.373 e. The molecule has 16 heavy (non-hydrogen) atoms. The van der Waals surface area contributed by atoms with Crippen LogP contribution in [0.5, 0.6) is 0 Å². The molecular weight excluding hydrogens is 208 g/mol. The van der Waals surface area contributed by atoms with Crippen molar-refractivity contribution in [3.05, 3.63) is 42.1 Å². The van der Waals surface area contributed by atoms with Crippen molar-refractivity contribution in [3.8, 4) is 0 Å². The summed E-state index contributed by atoms with van der Waals surface area (Å²) in [6.07, 6.45) is 0.250. The zero-order valence-corrected chi connectivity index (χ0v) is 8.21. The molecule has 0 bridgehead atoms. The average Bonchev–Trinajstić information content (AvgIpc) is 2.29. The summed E-state index contributed by atoms with van der Waals surface area (Å²) in [5.41, 5.74) is 6.20. The van der Waals surface area contributed by atoms with Crippen LogP contribution < -0.4 is 5.73 Å². The van der Waals surface area contributed by atoms with Gasteiger partial charge in [0.05, 0.1) is 5.52 Å². The molecule has 2 aromatic rings. The molecule has 5 heteroatoms. The highest BCUT2D eigenvalue weighted by Gasteiger charge is 2.01. The number of rotatable bonds is 1. The van der Waals surface area contributed by atoms with Gasteiger partial charge in [0.15, 0.2) is 0 Å². The lowest BCUT2D eigenvalue weighted by molar-refractivity contribution is -0.191. The van der Waals surface area contributed by atoms with Crippen LogP contribution in [0.1, 0.15) is 10.5 Å². The molecule has 0 aliphatic rings. The summed E-state index contributed by atoms with van der Waals surface area (Å²) >= 11 is 0. The van der Waals surface area contributed by atoms with Gasteiger partial charge in [0.1, 0.15) is 5.69 Å². The second-order valence-electron chi connectivity index (χ2n) is 2.84. The third-order valence-corrected chi connectivity index (χ3v) is 1.85. The molecule has 0 aliphatic heterocycles. The van der Waals surface area contributed by atoms with E-state index in [0.29, 0.717) is 5.69 Å². The Hall–Kier alpha value is -2.52. The second-order valence-corrected chi connectivity index (χ2v) is 2.84. The first-order valence-corrected chi connectivity index (χ1v) is 4.34. The van der Waals surface area contributed by atoms with Crippen LogP contribution in [0.2, 0.25) is 0 Å². The van der Waals surface area contributed by atoms with Crippen molar-refractivity contribution < 1.29 is 14.4 Å². The maximum absolute atomic E-state index is 10.8. The quantitative estimate of drug-likeness (QED) is 0.761. The van der Waals surface area contributed by atoms with Gasteiger partial charge in [-0.05, 0) is 12.1 Å². The van der Waals surface area contributed by atoms with Crippen molar-refractivity contribution in [3.63, 3.8) is 0 Å². The first-order chi connectivity index (χ1) is 7.69. The van der Waals surface area contributed by atoms with Crippen molar-refractivity contribution in [2.45, 2.75) is 0 Å². The highest BCUT2D eigenvalue weighted by molar-refractivity contribution is 5.93. The van der Waals surface area contributed by atoms with Gasteiger partial charge in [-0.3, -0.25) is 4.79 Å². The molecule has 0 spiro atoms. The van der Waals surface area contributed by atoms with E-state index in [9.17, 15) is 4.79 Å². The van der Waals surface area contributed by atoms with E-state index in [4.69, 9.17) is 15.3 Å². The van der Waals surface area contributed by atoms with Crippen LogP contribution in [0.15, 0.2) is 36.4 Å². The third-order valence-electron chi connectivity index (χ3n) is 1.85. The fourth-order valence-electron chi connectivity index (χ4n) is 1.20. The summed E-state index contributed by atoms with van der Waals surface area (Å²) in [6.45, 7) is 0. The van der Waals surface area contributed by atoms with Gasteiger partial charge in [0, 0.05) is 5.39 Å². The van der Waals surface area contributed by atoms with Crippen molar-refractivity contribution in [1.29, 1.82) is 0 Å². The summed E-state index contributed by atoms with van der Waals surface area (Å²) in [5, 5.41) is 1.01. The maximum atomic E-state index is 10.8. The number of nitrogens with two attached hydrogens (primary N) is 1. The van der Waals surface area contributed by atoms with Crippen molar-refractivity contribution in [2.24, 2.45) is 5.73 Å². The van der Waals surface area contributed by atoms with Crippen LogP contribution in [0, 0.1) is 0 Å². The molecule has 1 aromatic carbocycles. The summed E-state index contributed by atoms with van der Waals surface area (Å²) in [4.78, 5) is 31.2. The Balaban J connectivity index is 0.000000386. The van der Waals surface area contributed by atoms with Gasteiger partial charge >= 0.3 is 6.15 Å². The van der Waals surface area contributed by atoms with Crippen molar-refractivity contribution in [2.75, 3.05) is 0 Å². The first kappa shape index (κ1) is 11.6. The highest BCUT2D eigenvalue weighted by atomic mass is 16.2. The number of pyridine rings is 1. The normalized spacial score (nSPS) is 8.75. The third kappa shape index (κ3) is 2.73. The van der Waals surface area contributed by atoms with E-state index in [-0.39, 0.29) is 6.15 Å². The zero-order chi connectivity index (χ0) is 12.0. The molecule has 0 aliphatic carbocycles. The number of hydrogen-bond donors (Lipinski definition) is 1. The number of para-hydroxylation sites is 1. The number of amides is 1. The molecule has 0 saturated heterocycles. The van der Waals surface area contributed by atoms with Crippen molar-refractivity contribution in [1.82, 2.24) is 4.98 Å². The van der Waals surface area contributed by atoms with Gasteiger partial charge in [-0.1, -0.05) is 24.3 Å². The van der Waals surface area contributed by atoms with Crippen LogP contribution in [0.3, 0.4) is 0 Å². The van der Waals surface area contributed by atoms with E-state index in [1.54, 1.807) is 6.07 Å².